The largest absolute Gasteiger partial charge is 0.324 e. The molecule has 170 valence electrons. The molecule has 2 heterocycles. The van der Waals surface area contributed by atoms with Gasteiger partial charge in [-0.25, -0.2) is 0 Å². The van der Waals surface area contributed by atoms with Crippen molar-refractivity contribution in [3.05, 3.63) is 36.4 Å². The van der Waals surface area contributed by atoms with Crippen LogP contribution in [0.25, 0.3) is 0 Å². The lowest BCUT2D eigenvalue weighted by Crippen LogP contribution is -2.48. The van der Waals surface area contributed by atoms with E-state index in [1.54, 1.807) is 23.1 Å². The van der Waals surface area contributed by atoms with E-state index in [1.807, 2.05) is 32.1 Å². The van der Waals surface area contributed by atoms with E-state index in [9.17, 15) is 19.2 Å². The van der Waals surface area contributed by atoms with Gasteiger partial charge in [-0.05, 0) is 56.2 Å². The van der Waals surface area contributed by atoms with Crippen molar-refractivity contribution in [2.45, 2.75) is 58.4 Å². The summed E-state index contributed by atoms with van der Waals surface area (Å²) in [5.41, 5.74) is 1.30. The monoisotopic (exact) mass is 437 g/mol. The first kappa shape index (κ1) is 22.2. The molecule has 0 radical (unpaired) electrons. The average Bonchev–Trinajstić information content (AvgIpc) is 3.03. The number of benzene rings is 1. The second-order valence-corrected chi connectivity index (χ2v) is 9.39. The predicted molar refractivity (Wildman–Crippen MR) is 122 cm³/mol. The highest BCUT2D eigenvalue weighted by molar-refractivity contribution is 6.10. The Morgan fingerprint density at radius 3 is 2.38 bits per heavy atom. The summed E-state index contributed by atoms with van der Waals surface area (Å²) in [7, 11) is 0. The van der Waals surface area contributed by atoms with E-state index in [0.717, 1.165) is 18.5 Å². The van der Waals surface area contributed by atoms with Crippen LogP contribution in [0.15, 0.2) is 36.4 Å². The molecule has 2 aliphatic heterocycles. The SMILES string of the molecule is CC(C)CC(C(=O)Nc1cccc(N2CCCCC2=O)c1)N1C(=O)C2CC=CCC2C1=O. The lowest BCUT2D eigenvalue weighted by Gasteiger charge is -2.28. The van der Waals surface area contributed by atoms with Crippen molar-refractivity contribution >= 4 is 35.0 Å². The van der Waals surface area contributed by atoms with Gasteiger partial charge in [-0.2, -0.15) is 0 Å². The molecule has 3 aliphatic rings. The van der Waals surface area contributed by atoms with Gasteiger partial charge in [0.25, 0.3) is 0 Å². The summed E-state index contributed by atoms with van der Waals surface area (Å²) in [6.07, 6.45) is 7.78. The first-order valence-corrected chi connectivity index (χ1v) is 11.6. The molecule has 7 nitrogen and oxygen atoms in total. The zero-order valence-corrected chi connectivity index (χ0v) is 18.8. The van der Waals surface area contributed by atoms with Crippen LogP contribution in [-0.4, -0.2) is 41.1 Å². The number of fused-ring (bicyclic) bond motifs is 1. The predicted octanol–water partition coefficient (Wildman–Crippen LogP) is 3.51. The van der Waals surface area contributed by atoms with E-state index in [-0.39, 0.29) is 41.4 Å². The van der Waals surface area contributed by atoms with Gasteiger partial charge in [0, 0.05) is 24.3 Å². The van der Waals surface area contributed by atoms with Gasteiger partial charge in [0.1, 0.15) is 6.04 Å². The molecule has 32 heavy (non-hydrogen) atoms. The molecule has 7 heteroatoms. The van der Waals surface area contributed by atoms with Crippen LogP contribution in [0.1, 0.15) is 52.4 Å². The van der Waals surface area contributed by atoms with Gasteiger partial charge in [-0.3, -0.25) is 24.1 Å². The third kappa shape index (κ3) is 4.33. The lowest BCUT2D eigenvalue weighted by atomic mass is 9.85. The fraction of sp³-hybridized carbons (Fsp3) is 0.520. The van der Waals surface area contributed by atoms with Gasteiger partial charge < -0.3 is 10.2 Å². The Kier molecular flexibility index (Phi) is 6.44. The first-order valence-electron chi connectivity index (χ1n) is 11.6. The summed E-state index contributed by atoms with van der Waals surface area (Å²) < 4.78 is 0. The molecule has 1 N–H and O–H groups in total. The number of piperidine rings is 1. The molecule has 3 atom stereocenters. The van der Waals surface area contributed by atoms with Gasteiger partial charge in [-0.1, -0.05) is 32.1 Å². The molecule has 0 bridgehead atoms. The summed E-state index contributed by atoms with van der Waals surface area (Å²) in [4.78, 5) is 54.7. The number of hydrogen-bond acceptors (Lipinski definition) is 4. The fourth-order valence-electron chi connectivity index (χ4n) is 4.97. The maximum atomic E-state index is 13.3. The van der Waals surface area contributed by atoms with Crippen LogP contribution in [0.2, 0.25) is 0 Å². The molecular formula is C25H31N3O4. The maximum absolute atomic E-state index is 13.3. The number of allylic oxidation sites excluding steroid dienone is 2. The second kappa shape index (κ2) is 9.27. The zero-order valence-electron chi connectivity index (χ0n) is 18.8. The third-order valence-electron chi connectivity index (χ3n) is 6.60. The highest BCUT2D eigenvalue weighted by Crippen LogP contribution is 2.37. The van der Waals surface area contributed by atoms with Crippen LogP contribution >= 0.6 is 0 Å². The van der Waals surface area contributed by atoms with Gasteiger partial charge in [0.05, 0.1) is 11.8 Å². The van der Waals surface area contributed by atoms with Crippen LogP contribution in [-0.2, 0) is 19.2 Å². The highest BCUT2D eigenvalue weighted by Gasteiger charge is 2.51. The van der Waals surface area contributed by atoms with Crippen molar-refractivity contribution in [2.24, 2.45) is 17.8 Å². The summed E-state index contributed by atoms with van der Waals surface area (Å²) in [5, 5.41) is 2.90. The Balaban J connectivity index is 1.54. The van der Waals surface area contributed by atoms with Gasteiger partial charge in [0.2, 0.25) is 23.6 Å². The highest BCUT2D eigenvalue weighted by atomic mass is 16.2. The number of rotatable bonds is 6. The molecule has 2 fully saturated rings. The van der Waals surface area contributed by atoms with E-state index < -0.39 is 6.04 Å². The molecule has 4 amide bonds. The second-order valence-electron chi connectivity index (χ2n) is 9.39. The third-order valence-corrected chi connectivity index (χ3v) is 6.60. The Morgan fingerprint density at radius 2 is 1.75 bits per heavy atom. The topological polar surface area (TPSA) is 86.8 Å². The number of nitrogens with one attached hydrogen (secondary N) is 1. The number of amides is 4. The standard InChI is InChI=1S/C25H31N3O4/c1-16(2)14-21(28-24(31)19-10-3-4-11-20(19)25(28)32)23(30)26-17-8-7-9-18(15-17)27-13-6-5-12-22(27)29/h3-4,7-9,15-16,19-21H,5-6,10-14H2,1-2H3,(H,26,30). The summed E-state index contributed by atoms with van der Waals surface area (Å²) in [5.74, 6) is -1.34. The van der Waals surface area contributed by atoms with Gasteiger partial charge >= 0.3 is 0 Å². The Hall–Kier alpha value is -2.96. The van der Waals surface area contributed by atoms with E-state index in [2.05, 4.69) is 5.32 Å². The van der Waals surface area contributed by atoms with Crippen LogP contribution in [0.4, 0.5) is 11.4 Å². The number of carbonyl (C=O) groups excluding carboxylic acids is 4. The molecule has 1 aliphatic carbocycles. The van der Waals surface area contributed by atoms with E-state index >= 15 is 0 Å². The molecule has 2 saturated heterocycles. The van der Waals surface area contributed by atoms with Crippen LogP contribution < -0.4 is 10.2 Å². The number of hydrogen-bond donors (Lipinski definition) is 1. The van der Waals surface area contributed by atoms with E-state index in [1.165, 1.54) is 4.90 Å². The Labute approximate surface area is 188 Å². The van der Waals surface area contributed by atoms with Crippen LogP contribution in [0, 0.1) is 17.8 Å². The van der Waals surface area contributed by atoms with E-state index in [0.29, 0.717) is 37.9 Å². The lowest BCUT2D eigenvalue weighted by molar-refractivity contribution is -0.147. The van der Waals surface area contributed by atoms with Crippen molar-refractivity contribution in [3.63, 3.8) is 0 Å². The number of anilines is 2. The van der Waals surface area contributed by atoms with Crippen molar-refractivity contribution in [1.82, 2.24) is 4.90 Å². The molecule has 0 spiro atoms. The number of imide groups is 1. The molecule has 1 aromatic carbocycles. The van der Waals surface area contributed by atoms with Crippen molar-refractivity contribution < 1.29 is 19.2 Å². The van der Waals surface area contributed by atoms with Crippen molar-refractivity contribution in [1.29, 1.82) is 0 Å². The first-order chi connectivity index (χ1) is 15.4. The Bertz CT molecular complexity index is 928. The number of nitrogens with zero attached hydrogens (tertiary/aromatic N) is 2. The van der Waals surface area contributed by atoms with Gasteiger partial charge in [-0.15, -0.1) is 0 Å². The normalized spacial score (nSPS) is 24.2. The maximum Gasteiger partial charge on any atom is 0.247 e. The quantitative estimate of drug-likeness (QED) is 0.545. The summed E-state index contributed by atoms with van der Waals surface area (Å²) in [6, 6.07) is 6.36. The smallest absolute Gasteiger partial charge is 0.247 e. The molecule has 4 rings (SSSR count). The molecule has 0 aromatic heterocycles. The minimum Gasteiger partial charge on any atom is -0.324 e. The molecule has 0 saturated carbocycles. The molecular weight excluding hydrogens is 406 g/mol. The van der Waals surface area contributed by atoms with Gasteiger partial charge in [0.15, 0.2) is 0 Å². The zero-order chi connectivity index (χ0) is 22.8. The average molecular weight is 438 g/mol. The number of carbonyl (C=O) groups is 4. The number of likely N-dealkylation sites (tertiary alicyclic amines) is 1. The summed E-state index contributed by atoms with van der Waals surface area (Å²) >= 11 is 0. The minimum absolute atomic E-state index is 0.0851. The Morgan fingerprint density at radius 1 is 1.06 bits per heavy atom. The van der Waals surface area contributed by atoms with Crippen molar-refractivity contribution in [2.75, 3.05) is 16.8 Å². The fourth-order valence-corrected chi connectivity index (χ4v) is 4.97. The van der Waals surface area contributed by atoms with Crippen LogP contribution in [0.3, 0.4) is 0 Å². The summed E-state index contributed by atoms with van der Waals surface area (Å²) in [6.45, 7) is 4.62. The molecule has 1 aromatic rings. The van der Waals surface area contributed by atoms with Crippen LogP contribution in [0.5, 0.6) is 0 Å². The molecule has 3 unspecified atom stereocenters. The minimum atomic E-state index is -0.846. The van der Waals surface area contributed by atoms with Crippen molar-refractivity contribution in [3.8, 4) is 0 Å². The van der Waals surface area contributed by atoms with E-state index in [4.69, 9.17) is 0 Å².